The number of fused-ring (bicyclic) bond motifs is 5. The van der Waals surface area contributed by atoms with Crippen LogP contribution in [0.5, 0.6) is 11.8 Å². The van der Waals surface area contributed by atoms with Crippen LogP contribution in [0.15, 0.2) is 30.5 Å². The molecule has 6 heterocycles. The molecular formula is C40H47F3N6O5. The zero-order chi connectivity index (χ0) is 37.9. The third-order valence-corrected chi connectivity index (χ3v) is 11.4. The molecule has 0 radical (unpaired) electrons. The number of ether oxygens (including phenoxy) is 4. The van der Waals surface area contributed by atoms with Gasteiger partial charge >= 0.3 is 12.1 Å². The van der Waals surface area contributed by atoms with E-state index in [4.69, 9.17) is 23.9 Å². The van der Waals surface area contributed by atoms with Crippen LogP contribution < -0.4 is 14.4 Å². The van der Waals surface area contributed by atoms with Gasteiger partial charge in [0, 0.05) is 44.9 Å². The molecule has 0 N–H and O–H groups in total. The molecule has 0 spiro atoms. The Labute approximate surface area is 312 Å². The Bertz CT molecular complexity index is 2080. The van der Waals surface area contributed by atoms with E-state index in [1.807, 2.05) is 37.5 Å². The standard InChI is InChI=1S/C40H47F3N6O5/c1-6-28-31(42)11-8-23-14-27(53-22-51-5)15-29(32(23)28)34-33(43)35-30(17-44-34)36(46-37(45-35)52-21-40-12-7-13-48(40)18-24(41)16-40)47-19-25-9-10-26(20-47)49(25)38(50)54-39(2,3)4/h8,11,14-15,17,24-26H,6-7,9-10,12-13,16,18-22H2,1-5H3/t24-,25-,26+,40+/m1/s1. The summed E-state index contributed by atoms with van der Waals surface area (Å²) in [5.74, 6) is -0.283. The molecule has 8 rings (SSSR count). The summed E-state index contributed by atoms with van der Waals surface area (Å²) in [7, 11) is 1.50. The lowest BCUT2D eigenvalue weighted by Gasteiger charge is -2.42. The molecule has 4 aliphatic heterocycles. The van der Waals surface area contributed by atoms with Crippen LogP contribution in [0.3, 0.4) is 0 Å². The molecule has 54 heavy (non-hydrogen) atoms. The predicted octanol–water partition coefficient (Wildman–Crippen LogP) is 7.21. The van der Waals surface area contributed by atoms with E-state index in [1.165, 1.54) is 13.2 Å². The number of nitrogens with zero attached hydrogens (tertiary/aromatic N) is 6. The van der Waals surface area contributed by atoms with Crippen molar-refractivity contribution in [1.29, 1.82) is 0 Å². The van der Waals surface area contributed by atoms with Crippen LogP contribution >= 0.6 is 0 Å². The van der Waals surface area contributed by atoms with Gasteiger partial charge < -0.3 is 23.8 Å². The van der Waals surface area contributed by atoms with Crippen molar-refractivity contribution >= 4 is 33.6 Å². The van der Waals surface area contributed by atoms with Crippen LogP contribution in [0.1, 0.15) is 65.4 Å². The number of carbonyl (C=O) groups excluding carboxylic acids is 1. The fraction of sp³-hybridized carbons (Fsp3) is 0.550. The highest BCUT2D eigenvalue weighted by molar-refractivity contribution is 6.02. The minimum atomic E-state index is -0.943. The van der Waals surface area contributed by atoms with Crippen LogP contribution in [0.4, 0.5) is 23.8 Å². The van der Waals surface area contributed by atoms with Crippen LogP contribution in [0.2, 0.25) is 0 Å². The Morgan fingerprint density at radius 1 is 1.06 bits per heavy atom. The Hall–Kier alpha value is -4.43. The number of rotatable bonds is 9. The topological polar surface area (TPSA) is 102 Å². The second-order valence-electron chi connectivity index (χ2n) is 16.1. The van der Waals surface area contributed by atoms with E-state index in [2.05, 4.69) is 14.9 Å². The molecule has 0 aliphatic carbocycles. The highest BCUT2D eigenvalue weighted by Crippen LogP contribution is 2.43. The fourth-order valence-electron chi connectivity index (χ4n) is 9.08. The molecule has 4 atom stereocenters. The molecule has 0 saturated carbocycles. The summed E-state index contributed by atoms with van der Waals surface area (Å²) < 4.78 is 70.3. The number of halogens is 3. The molecule has 2 aromatic carbocycles. The SMILES string of the molecule is CCc1c(F)ccc2cc(OCOC)cc(-c3ncc4c(N5C[C@H]6CC[C@@H](C5)N6C(=O)OC(C)(C)C)nc(OC[C@@]56CCCN5C[C@H](F)C6)nc4c3F)c12. The first-order valence-corrected chi connectivity index (χ1v) is 18.9. The monoisotopic (exact) mass is 748 g/mol. The van der Waals surface area contributed by atoms with Crippen molar-refractivity contribution in [2.45, 2.75) is 95.6 Å². The lowest BCUT2D eigenvalue weighted by atomic mass is 9.94. The maximum Gasteiger partial charge on any atom is 0.410 e. The zero-order valence-corrected chi connectivity index (χ0v) is 31.5. The molecule has 288 valence electrons. The van der Waals surface area contributed by atoms with Gasteiger partial charge in [-0.2, -0.15) is 9.97 Å². The number of pyridine rings is 1. The van der Waals surface area contributed by atoms with E-state index < -0.39 is 28.9 Å². The molecule has 0 unspecified atom stereocenters. The lowest BCUT2D eigenvalue weighted by molar-refractivity contribution is 0.0122. The van der Waals surface area contributed by atoms with Crippen molar-refractivity contribution in [3.05, 3.63) is 47.7 Å². The smallest absolute Gasteiger partial charge is 0.410 e. The molecule has 14 heteroatoms. The second kappa shape index (κ2) is 14.0. The van der Waals surface area contributed by atoms with E-state index in [1.54, 1.807) is 24.4 Å². The number of methoxy groups -OCH3 is 1. The number of benzene rings is 2. The number of carbonyl (C=O) groups is 1. The maximum atomic E-state index is 17.3. The summed E-state index contributed by atoms with van der Waals surface area (Å²) in [6.45, 7) is 9.56. The Kier molecular flexibility index (Phi) is 9.48. The highest BCUT2D eigenvalue weighted by Gasteiger charge is 2.50. The first-order chi connectivity index (χ1) is 25.9. The van der Waals surface area contributed by atoms with Gasteiger partial charge in [0.2, 0.25) is 0 Å². The van der Waals surface area contributed by atoms with Gasteiger partial charge in [0.05, 0.1) is 23.0 Å². The van der Waals surface area contributed by atoms with Gasteiger partial charge in [-0.1, -0.05) is 13.0 Å². The van der Waals surface area contributed by atoms with Crippen molar-refractivity contribution < 1.29 is 36.9 Å². The molecule has 4 saturated heterocycles. The van der Waals surface area contributed by atoms with Gasteiger partial charge in [0.1, 0.15) is 47.0 Å². The van der Waals surface area contributed by atoms with E-state index in [0.717, 1.165) is 32.2 Å². The molecule has 2 bridgehead atoms. The van der Waals surface area contributed by atoms with Crippen LogP contribution in [-0.2, 0) is 15.9 Å². The molecule has 2 aromatic heterocycles. The number of alkyl halides is 1. The normalized spacial score (nSPS) is 24.1. The quantitative estimate of drug-likeness (QED) is 0.163. The minimum absolute atomic E-state index is 0.0108. The summed E-state index contributed by atoms with van der Waals surface area (Å²) in [5, 5.41) is 1.56. The van der Waals surface area contributed by atoms with Gasteiger partial charge in [-0.05, 0) is 94.0 Å². The van der Waals surface area contributed by atoms with E-state index in [0.29, 0.717) is 71.3 Å². The van der Waals surface area contributed by atoms with Crippen LogP contribution in [0.25, 0.3) is 32.9 Å². The maximum absolute atomic E-state index is 17.3. The van der Waals surface area contributed by atoms with Crippen molar-refractivity contribution in [3.63, 3.8) is 0 Å². The van der Waals surface area contributed by atoms with Gasteiger partial charge in [0.15, 0.2) is 12.6 Å². The third-order valence-electron chi connectivity index (χ3n) is 11.4. The number of hydrogen-bond donors (Lipinski definition) is 0. The third kappa shape index (κ3) is 6.54. The summed E-state index contributed by atoms with van der Waals surface area (Å²) in [5.41, 5.74) is -0.372. The van der Waals surface area contributed by atoms with Gasteiger partial charge in [-0.15, -0.1) is 0 Å². The van der Waals surface area contributed by atoms with Gasteiger partial charge in [-0.25, -0.2) is 18.0 Å². The molecular weight excluding hydrogens is 701 g/mol. The molecule has 4 aliphatic rings. The second-order valence-corrected chi connectivity index (χ2v) is 16.1. The Morgan fingerprint density at radius 2 is 1.83 bits per heavy atom. The first kappa shape index (κ1) is 36.5. The summed E-state index contributed by atoms with van der Waals surface area (Å²) >= 11 is 0. The van der Waals surface area contributed by atoms with Crippen molar-refractivity contribution in [3.8, 4) is 23.0 Å². The van der Waals surface area contributed by atoms with Crippen LogP contribution in [0, 0.1) is 11.6 Å². The van der Waals surface area contributed by atoms with E-state index in [9.17, 15) is 9.18 Å². The lowest BCUT2D eigenvalue weighted by Crippen LogP contribution is -2.57. The summed E-state index contributed by atoms with van der Waals surface area (Å²) in [6, 6.07) is 6.14. The summed E-state index contributed by atoms with van der Waals surface area (Å²) in [6.07, 6.45) is 4.29. The average molecular weight is 749 g/mol. The number of piperazine rings is 1. The molecule has 1 amide bonds. The van der Waals surface area contributed by atoms with Crippen LogP contribution in [-0.4, -0.2) is 107 Å². The largest absolute Gasteiger partial charge is 0.468 e. The van der Waals surface area contributed by atoms with Gasteiger partial charge in [-0.3, -0.25) is 14.8 Å². The van der Waals surface area contributed by atoms with E-state index in [-0.39, 0.29) is 48.8 Å². The van der Waals surface area contributed by atoms with Gasteiger partial charge in [0.25, 0.3) is 0 Å². The number of aromatic nitrogens is 3. The minimum Gasteiger partial charge on any atom is -0.468 e. The Morgan fingerprint density at radius 3 is 2.56 bits per heavy atom. The van der Waals surface area contributed by atoms with Crippen molar-refractivity contribution in [2.75, 3.05) is 51.6 Å². The Balaban J connectivity index is 1.24. The van der Waals surface area contributed by atoms with Crippen molar-refractivity contribution in [1.82, 2.24) is 24.8 Å². The number of amides is 1. The van der Waals surface area contributed by atoms with E-state index >= 15 is 8.78 Å². The zero-order valence-electron chi connectivity index (χ0n) is 31.5. The average Bonchev–Trinajstić information content (AvgIpc) is 3.75. The number of anilines is 1. The predicted molar refractivity (Wildman–Crippen MR) is 198 cm³/mol. The number of hydrogen-bond acceptors (Lipinski definition) is 10. The summed E-state index contributed by atoms with van der Waals surface area (Å²) in [4.78, 5) is 33.5. The number of aryl methyl sites for hydroxylation is 1. The molecule has 4 aromatic rings. The molecule has 4 fully saturated rings. The first-order valence-electron chi connectivity index (χ1n) is 18.9. The fourth-order valence-corrected chi connectivity index (χ4v) is 9.08. The molecule has 11 nitrogen and oxygen atoms in total. The highest BCUT2D eigenvalue weighted by atomic mass is 19.1. The van der Waals surface area contributed by atoms with Crippen molar-refractivity contribution in [2.24, 2.45) is 0 Å².